The SMILES string of the molecule is C/C=C\C=C(/C)C(=O)N(C)CCCNc1cc(-c2ccccc2O)nc2c(Br)cnn12. The number of likely N-dealkylation sites (N-methyl/N-ethyl adjacent to an activating group) is 1. The van der Waals surface area contributed by atoms with Crippen LogP contribution in [0, 0.1) is 0 Å². The number of anilines is 1. The first-order valence-electron chi connectivity index (χ1n) is 10.0. The molecule has 1 aromatic carbocycles. The fourth-order valence-corrected chi connectivity index (χ4v) is 3.49. The Morgan fingerprint density at radius 1 is 1.35 bits per heavy atom. The van der Waals surface area contributed by atoms with E-state index in [9.17, 15) is 9.90 Å². The molecule has 162 valence electrons. The summed E-state index contributed by atoms with van der Waals surface area (Å²) in [5, 5.41) is 18.0. The molecular formula is C23H26BrN5O2. The lowest BCUT2D eigenvalue weighted by molar-refractivity contribution is -0.125. The van der Waals surface area contributed by atoms with E-state index in [0.717, 1.165) is 16.7 Å². The van der Waals surface area contributed by atoms with E-state index in [-0.39, 0.29) is 11.7 Å². The molecule has 0 atom stereocenters. The van der Waals surface area contributed by atoms with Gasteiger partial charge in [-0.15, -0.1) is 0 Å². The molecule has 8 heteroatoms. The maximum Gasteiger partial charge on any atom is 0.249 e. The van der Waals surface area contributed by atoms with Gasteiger partial charge in [0.25, 0.3) is 0 Å². The molecule has 0 aliphatic heterocycles. The molecule has 0 aliphatic carbocycles. The van der Waals surface area contributed by atoms with E-state index < -0.39 is 0 Å². The Bertz CT molecular complexity index is 1140. The van der Waals surface area contributed by atoms with E-state index in [1.165, 1.54) is 0 Å². The molecule has 0 unspecified atom stereocenters. The van der Waals surface area contributed by atoms with Crippen LogP contribution < -0.4 is 5.32 Å². The second-order valence-electron chi connectivity index (χ2n) is 7.15. The molecule has 3 aromatic rings. The molecule has 0 saturated carbocycles. The van der Waals surface area contributed by atoms with Gasteiger partial charge in [0.05, 0.1) is 16.4 Å². The number of aromatic nitrogens is 3. The minimum atomic E-state index is 0.0160. The minimum absolute atomic E-state index is 0.0160. The van der Waals surface area contributed by atoms with Crippen LogP contribution in [-0.4, -0.2) is 50.6 Å². The molecule has 0 radical (unpaired) electrons. The first-order valence-corrected chi connectivity index (χ1v) is 10.8. The third kappa shape index (κ3) is 5.32. The summed E-state index contributed by atoms with van der Waals surface area (Å²) >= 11 is 3.48. The van der Waals surface area contributed by atoms with E-state index in [4.69, 9.17) is 0 Å². The fourth-order valence-electron chi connectivity index (χ4n) is 3.14. The largest absolute Gasteiger partial charge is 0.507 e. The number of nitrogens with zero attached hydrogens (tertiary/aromatic N) is 4. The predicted molar refractivity (Wildman–Crippen MR) is 127 cm³/mol. The number of allylic oxidation sites excluding steroid dienone is 3. The maximum absolute atomic E-state index is 12.4. The Labute approximate surface area is 190 Å². The average Bonchev–Trinajstić information content (AvgIpc) is 3.15. The number of carbonyl (C=O) groups is 1. The molecule has 1 amide bonds. The van der Waals surface area contributed by atoms with Crippen LogP contribution in [0.25, 0.3) is 16.9 Å². The Morgan fingerprint density at radius 3 is 2.87 bits per heavy atom. The van der Waals surface area contributed by atoms with Crippen molar-refractivity contribution in [2.24, 2.45) is 0 Å². The van der Waals surface area contributed by atoms with Crippen LogP contribution >= 0.6 is 15.9 Å². The summed E-state index contributed by atoms with van der Waals surface area (Å²) in [5.74, 6) is 0.941. The number of benzene rings is 1. The molecule has 2 N–H and O–H groups in total. The number of phenolic OH excluding ortho intramolecular Hbond substituents is 1. The monoisotopic (exact) mass is 483 g/mol. The summed E-state index contributed by atoms with van der Waals surface area (Å²) in [6.07, 6.45) is 8.03. The Kier molecular flexibility index (Phi) is 7.46. The Balaban J connectivity index is 1.72. The molecular weight excluding hydrogens is 458 g/mol. The van der Waals surface area contributed by atoms with Crippen molar-refractivity contribution in [1.29, 1.82) is 0 Å². The van der Waals surface area contributed by atoms with E-state index in [0.29, 0.717) is 35.6 Å². The van der Waals surface area contributed by atoms with Crippen LogP contribution in [0.1, 0.15) is 20.3 Å². The molecule has 7 nitrogen and oxygen atoms in total. The zero-order valence-corrected chi connectivity index (χ0v) is 19.4. The highest BCUT2D eigenvalue weighted by Gasteiger charge is 2.14. The Hall–Kier alpha value is -3.13. The third-order valence-corrected chi connectivity index (χ3v) is 5.37. The van der Waals surface area contributed by atoms with Crippen molar-refractivity contribution >= 4 is 33.3 Å². The summed E-state index contributed by atoms with van der Waals surface area (Å²) in [6, 6.07) is 8.96. The number of phenols is 1. The van der Waals surface area contributed by atoms with Gasteiger partial charge in [-0.05, 0) is 48.3 Å². The molecule has 0 aliphatic rings. The molecule has 0 saturated heterocycles. The van der Waals surface area contributed by atoms with E-state index in [2.05, 4.69) is 31.3 Å². The quantitative estimate of drug-likeness (QED) is 0.276. The number of hydrogen-bond donors (Lipinski definition) is 2. The number of halogens is 1. The van der Waals surface area contributed by atoms with E-state index >= 15 is 0 Å². The summed E-state index contributed by atoms with van der Waals surface area (Å²) in [6.45, 7) is 5.01. The average molecular weight is 484 g/mol. The van der Waals surface area contributed by atoms with Gasteiger partial charge in [-0.3, -0.25) is 4.79 Å². The van der Waals surface area contributed by atoms with Crippen molar-refractivity contribution < 1.29 is 9.90 Å². The van der Waals surface area contributed by atoms with Gasteiger partial charge in [0, 0.05) is 37.3 Å². The van der Waals surface area contributed by atoms with Crippen LogP contribution in [0.3, 0.4) is 0 Å². The van der Waals surface area contributed by atoms with Gasteiger partial charge >= 0.3 is 0 Å². The van der Waals surface area contributed by atoms with Gasteiger partial charge in [0.1, 0.15) is 11.6 Å². The van der Waals surface area contributed by atoms with Crippen molar-refractivity contribution in [3.8, 4) is 17.0 Å². The molecule has 3 rings (SSSR count). The number of carbonyl (C=O) groups excluding carboxylic acids is 1. The van der Waals surface area contributed by atoms with Crippen LogP contribution in [0.2, 0.25) is 0 Å². The summed E-state index contributed by atoms with van der Waals surface area (Å²) < 4.78 is 2.48. The first-order chi connectivity index (χ1) is 14.9. The van der Waals surface area contributed by atoms with E-state index in [1.807, 2.05) is 50.3 Å². The lowest BCUT2D eigenvalue weighted by Crippen LogP contribution is -2.29. The van der Waals surface area contributed by atoms with Gasteiger partial charge in [-0.25, -0.2) is 4.98 Å². The van der Waals surface area contributed by atoms with Crippen molar-refractivity contribution in [3.63, 3.8) is 0 Å². The van der Waals surface area contributed by atoms with Crippen molar-refractivity contribution in [1.82, 2.24) is 19.5 Å². The molecule has 2 heterocycles. The predicted octanol–water partition coefficient (Wildman–Crippen LogP) is 4.65. The number of amides is 1. The van der Waals surface area contributed by atoms with Crippen LogP contribution in [0.15, 0.2) is 64.8 Å². The summed E-state index contributed by atoms with van der Waals surface area (Å²) in [4.78, 5) is 18.7. The van der Waals surface area contributed by atoms with Crippen molar-refractivity contribution in [2.45, 2.75) is 20.3 Å². The smallest absolute Gasteiger partial charge is 0.249 e. The Morgan fingerprint density at radius 2 is 2.13 bits per heavy atom. The van der Waals surface area contributed by atoms with Gasteiger partial charge in [-0.1, -0.05) is 30.4 Å². The van der Waals surface area contributed by atoms with Gasteiger partial charge < -0.3 is 15.3 Å². The highest BCUT2D eigenvalue weighted by Crippen LogP contribution is 2.31. The summed E-state index contributed by atoms with van der Waals surface area (Å²) in [7, 11) is 1.81. The molecule has 0 bridgehead atoms. The second kappa shape index (κ2) is 10.3. The zero-order valence-electron chi connectivity index (χ0n) is 17.8. The highest BCUT2D eigenvalue weighted by molar-refractivity contribution is 9.10. The van der Waals surface area contributed by atoms with Crippen LogP contribution in [-0.2, 0) is 4.79 Å². The number of para-hydroxylation sites is 1. The first kappa shape index (κ1) is 22.6. The number of hydrogen-bond acceptors (Lipinski definition) is 5. The third-order valence-electron chi connectivity index (χ3n) is 4.81. The second-order valence-corrected chi connectivity index (χ2v) is 8.01. The minimum Gasteiger partial charge on any atom is -0.507 e. The normalized spacial score (nSPS) is 11.9. The van der Waals surface area contributed by atoms with Crippen molar-refractivity contribution in [2.75, 3.05) is 25.5 Å². The molecule has 0 fully saturated rings. The molecule has 2 aromatic heterocycles. The van der Waals surface area contributed by atoms with Crippen LogP contribution in [0.4, 0.5) is 5.82 Å². The number of rotatable bonds is 8. The van der Waals surface area contributed by atoms with Crippen LogP contribution in [0.5, 0.6) is 5.75 Å². The van der Waals surface area contributed by atoms with Crippen molar-refractivity contribution in [3.05, 3.63) is 64.8 Å². The zero-order chi connectivity index (χ0) is 22.4. The highest BCUT2D eigenvalue weighted by atomic mass is 79.9. The lowest BCUT2D eigenvalue weighted by Gasteiger charge is -2.18. The standard InChI is InChI=1S/C23H26BrN5O2/c1-4-5-9-16(2)23(31)28(3)13-8-12-25-21-14-19(17-10-6-7-11-20(17)30)27-22-18(24)15-26-29(21)22/h4-7,9-11,14-15,25,30H,8,12-13H2,1-3H3/b5-4-,16-9+. The fraction of sp³-hybridized carbons (Fsp3) is 0.261. The summed E-state index contributed by atoms with van der Waals surface area (Å²) in [5.41, 5.74) is 2.65. The topological polar surface area (TPSA) is 82.8 Å². The van der Waals surface area contributed by atoms with Gasteiger partial charge in [-0.2, -0.15) is 9.61 Å². The maximum atomic E-state index is 12.4. The number of aromatic hydroxyl groups is 1. The van der Waals surface area contributed by atoms with Gasteiger partial charge in [0.15, 0.2) is 5.65 Å². The lowest BCUT2D eigenvalue weighted by atomic mass is 10.1. The van der Waals surface area contributed by atoms with E-state index in [1.54, 1.807) is 34.8 Å². The number of fused-ring (bicyclic) bond motifs is 1. The number of nitrogens with one attached hydrogen (secondary N) is 1. The van der Waals surface area contributed by atoms with Gasteiger partial charge in [0.2, 0.25) is 5.91 Å². The molecule has 31 heavy (non-hydrogen) atoms. The molecule has 0 spiro atoms.